The summed E-state index contributed by atoms with van der Waals surface area (Å²) < 4.78 is 0. The summed E-state index contributed by atoms with van der Waals surface area (Å²) in [5.41, 5.74) is 1.58. The average molecular weight is 318 g/mol. The van der Waals surface area contributed by atoms with E-state index in [1.165, 1.54) is 6.92 Å². The topological polar surface area (TPSA) is 64.7 Å². The predicted octanol–water partition coefficient (Wildman–Crippen LogP) is 2.59. The lowest BCUT2D eigenvalue weighted by Gasteiger charge is -2.42. The van der Waals surface area contributed by atoms with E-state index in [9.17, 15) is 9.59 Å². The zero-order valence-corrected chi connectivity index (χ0v) is 14.3. The molecule has 2 rings (SSSR count). The molecule has 0 atom stereocenters. The molecule has 0 radical (unpaired) electrons. The standard InChI is InChI=1S/C17H26N4O2/c1-13(22)18-14-5-7-15(8-6-14)19-16(23)20-9-11-21(12-10-20)17(2,3)4/h5-8H,9-12H2,1-4H3,(H,18,22)(H,19,23). The molecule has 1 aromatic rings. The first-order valence-corrected chi connectivity index (χ1v) is 7.94. The zero-order valence-electron chi connectivity index (χ0n) is 14.3. The molecule has 23 heavy (non-hydrogen) atoms. The molecule has 0 aliphatic carbocycles. The van der Waals surface area contributed by atoms with Gasteiger partial charge in [0.15, 0.2) is 0 Å². The summed E-state index contributed by atoms with van der Waals surface area (Å²) in [6.45, 7) is 11.3. The summed E-state index contributed by atoms with van der Waals surface area (Å²) in [6, 6.07) is 7.04. The Morgan fingerprint density at radius 2 is 1.39 bits per heavy atom. The van der Waals surface area contributed by atoms with Crippen molar-refractivity contribution >= 4 is 23.3 Å². The summed E-state index contributed by atoms with van der Waals surface area (Å²) in [4.78, 5) is 27.5. The van der Waals surface area contributed by atoms with Gasteiger partial charge in [0.05, 0.1) is 0 Å². The summed E-state index contributed by atoms with van der Waals surface area (Å²) >= 11 is 0. The van der Waals surface area contributed by atoms with Crippen LogP contribution in [0.2, 0.25) is 0 Å². The van der Waals surface area contributed by atoms with Crippen LogP contribution in [0.3, 0.4) is 0 Å². The van der Waals surface area contributed by atoms with E-state index in [1.54, 1.807) is 24.3 Å². The Bertz CT molecular complexity index is 555. The third-order valence-electron chi connectivity index (χ3n) is 3.97. The summed E-state index contributed by atoms with van der Waals surface area (Å²) in [6.07, 6.45) is 0. The van der Waals surface area contributed by atoms with Gasteiger partial charge in [-0.25, -0.2) is 4.79 Å². The van der Waals surface area contributed by atoms with E-state index in [1.807, 2.05) is 4.90 Å². The van der Waals surface area contributed by atoms with Crippen molar-refractivity contribution in [2.45, 2.75) is 33.2 Å². The highest BCUT2D eigenvalue weighted by Crippen LogP contribution is 2.17. The molecule has 6 nitrogen and oxygen atoms in total. The first kappa shape index (κ1) is 17.3. The van der Waals surface area contributed by atoms with E-state index < -0.39 is 0 Å². The molecule has 0 unspecified atom stereocenters. The molecular weight excluding hydrogens is 292 g/mol. The minimum Gasteiger partial charge on any atom is -0.326 e. The fraction of sp³-hybridized carbons (Fsp3) is 0.529. The lowest BCUT2D eigenvalue weighted by Crippen LogP contribution is -2.55. The highest BCUT2D eigenvalue weighted by atomic mass is 16.2. The Kier molecular flexibility index (Phi) is 5.26. The van der Waals surface area contributed by atoms with Crippen molar-refractivity contribution in [1.29, 1.82) is 0 Å². The number of carbonyl (C=O) groups is 2. The third-order valence-corrected chi connectivity index (χ3v) is 3.97. The molecule has 0 saturated carbocycles. The number of nitrogens with one attached hydrogen (secondary N) is 2. The van der Waals surface area contributed by atoms with Crippen molar-refractivity contribution in [2.75, 3.05) is 36.8 Å². The molecule has 1 heterocycles. The lowest BCUT2D eigenvalue weighted by atomic mass is 10.1. The van der Waals surface area contributed by atoms with Gasteiger partial charge in [0.2, 0.25) is 5.91 Å². The molecule has 1 saturated heterocycles. The summed E-state index contributed by atoms with van der Waals surface area (Å²) in [5.74, 6) is -0.112. The van der Waals surface area contributed by atoms with Gasteiger partial charge in [-0.2, -0.15) is 0 Å². The van der Waals surface area contributed by atoms with E-state index in [2.05, 4.69) is 36.3 Å². The van der Waals surface area contributed by atoms with Gasteiger partial charge >= 0.3 is 6.03 Å². The number of benzene rings is 1. The van der Waals surface area contributed by atoms with Crippen molar-refractivity contribution in [3.63, 3.8) is 0 Å². The molecule has 1 aliphatic rings. The van der Waals surface area contributed by atoms with Gasteiger partial charge in [-0.05, 0) is 45.0 Å². The normalized spacial score (nSPS) is 16.1. The van der Waals surface area contributed by atoms with Gasteiger partial charge in [-0.3, -0.25) is 9.69 Å². The molecule has 1 aromatic carbocycles. The van der Waals surface area contributed by atoms with Crippen LogP contribution in [0.1, 0.15) is 27.7 Å². The summed E-state index contributed by atoms with van der Waals surface area (Å²) in [5, 5.41) is 5.60. The molecule has 0 bridgehead atoms. The van der Waals surface area contributed by atoms with Crippen molar-refractivity contribution < 1.29 is 9.59 Å². The second kappa shape index (κ2) is 7.00. The molecule has 1 fully saturated rings. The van der Waals surface area contributed by atoms with Crippen LogP contribution in [0.4, 0.5) is 16.2 Å². The van der Waals surface area contributed by atoms with E-state index in [-0.39, 0.29) is 17.5 Å². The van der Waals surface area contributed by atoms with Crippen LogP contribution in [0, 0.1) is 0 Å². The van der Waals surface area contributed by atoms with E-state index in [0.717, 1.165) is 31.9 Å². The molecule has 6 heteroatoms. The largest absolute Gasteiger partial charge is 0.326 e. The Hall–Kier alpha value is -2.08. The molecular formula is C17H26N4O2. The zero-order chi connectivity index (χ0) is 17.0. The maximum atomic E-state index is 12.3. The monoisotopic (exact) mass is 318 g/mol. The molecule has 126 valence electrons. The van der Waals surface area contributed by atoms with E-state index in [4.69, 9.17) is 0 Å². The Labute approximate surface area is 137 Å². The number of amides is 3. The van der Waals surface area contributed by atoms with Crippen LogP contribution in [0.5, 0.6) is 0 Å². The number of hydrogen-bond donors (Lipinski definition) is 2. The Balaban J connectivity index is 1.87. The predicted molar refractivity (Wildman–Crippen MR) is 92.7 cm³/mol. The third kappa shape index (κ3) is 4.96. The van der Waals surface area contributed by atoms with Gasteiger partial charge in [-0.1, -0.05) is 0 Å². The van der Waals surface area contributed by atoms with Gasteiger partial charge in [0.25, 0.3) is 0 Å². The van der Waals surface area contributed by atoms with E-state index in [0.29, 0.717) is 5.69 Å². The summed E-state index contributed by atoms with van der Waals surface area (Å²) in [7, 11) is 0. The number of urea groups is 1. The number of piperazine rings is 1. The quantitative estimate of drug-likeness (QED) is 0.881. The van der Waals surface area contributed by atoms with Gasteiger partial charge < -0.3 is 15.5 Å². The first-order valence-electron chi connectivity index (χ1n) is 7.94. The number of nitrogens with zero attached hydrogens (tertiary/aromatic N) is 2. The second-order valence-corrected chi connectivity index (χ2v) is 6.83. The Morgan fingerprint density at radius 3 is 1.83 bits per heavy atom. The lowest BCUT2D eigenvalue weighted by molar-refractivity contribution is -0.114. The number of hydrogen-bond acceptors (Lipinski definition) is 3. The number of anilines is 2. The van der Waals surface area contributed by atoms with Crippen LogP contribution in [0.25, 0.3) is 0 Å². The van der Waals surface area contributed by atoms with Gasteiger partial charge in [0.1, 0.15) is 0 Å². The number of carbonyl (C=O) groups excluding carboxylic acids is 2. The van der Waals surface area contributed by atoms with Crippen LogP contribution in [-0.2, 0) is 4.79 Å². The molecule has 3 amide bonds. The minimum absolute atomic E-state index is 0.0779. The fourth-order valence-electron chi connectivity index (χ4n) is 2.62. The van der Waals surface area contributed by atoms with Crippen LogP contribution >= 0.6 is 0 Å². The van der Waals surface area contributed by atoms with Crippen molar-refractivity contribution in [3.8, 4) is 0 Å². The molecule has 0 aromatic heterocycles. The molecule has 1 aliphatic heterocycles. The van der Waals surface area contributed by atoms with Crippen molar-refractivity contribution in [1.82, 2.24) is 9.80 Å². The second-order valence-electron chi connectivity index (χ2n) is 6.83. The van der Waals surface area contributed by atoms with E-state index >= 15 is 0 Å². The molecule has 2 N–H and O–H groups in total. The van der Waals surface area contributed by atoms with Crippen LogP contribution < -0.4 is 10.6 Å². The van der Waals surface area contributed by atoms with Crippen molar-refractivity contribution in [3.05, 3.63) is 24.3 Å². The van der Waals surface area contributed by atoms with Crippen LogP contribution in [0.15, 0.2) is 24.3 Å². The first-order chi connectivity index (χ1) is 10.8. The minimum atomic E-state index is -0.112. The maximum absolute atomic E-state index is 12.3. The highest BCUT2D eigenvalue weighted by Gasteiger charge is 2.27. The SMILES string of the molecule is CC(=O)Nc1ccc(NC(=O)N2CCN(C(C)(C)C)CC2)cc1. The van der Waals surface area contributed by atoms with Gasteiger partial charge in [-0.15, -0.1) is 0 Å². The Morgan fingerprint density at radius 1 is 0.913 bits per heavy atom. The fourth-order valence-corrected chi connectivity index (χ4v) is 2.62. The van der Waals surface area contributed by atoms with Gasteiger partial charge in [0, 0.05) is 50.0 Å². The maximum Gasteiger partial charge on any atom is 0.321 e. The van der Waals surface area contributed by atoms with Crippen molar-refractivity contribution in [2.24, 2.45) is 0 Å². The smallest absolute Gasteiger partial charge is 0.321 e. The number of rotatable bonds is 2. The molecule has 0 spiro atoms. The average Bonchev–Trinajstić information content (AvgIpc) is 2.48. The van der Waals surface area contributed by atoms with Crippen LogP contribution in [-0.4, -0.2) is 53.5 Å². The highest BCUT2D eigenvalue weighted by molar-refractivity contribution is 5.91.